The molecule has 0 radical (unpaired) electrons. The van der Waals surface area contributed by atoms with Crippen LogP contribution >= 0.6 is 0 Å². The van der Waals surface area contributed by atoms with Gasteiger partial charge < -0.3 is 4.52 Å². The Labute approximate surface area is 181 Å². The van der Waals surface area contributed by atoms with E-state index in [0.717, 1.165) is 66.2 Å². The van der Waals surface area contributed by atoms with E-state index in [1.165, 1.54) is 0 Å². The Morgan fingerprint density at radius 2 is 1.84 bits per heavy atom. The zero-order valence-electron chi connectivity index (χ0n) is 17.9. The van der Waals surface area contributed by atoms with Crippen LogP contribution < -0.4 is 0 Å². The zero-order chi connectivity index (χ0) is 21.2. The van der Waals surface area contributed by atoms with Gasteiger partial charge in [-0.25, -0.2) is 9.97 Å². The van der Waals surface area contributed by atoms with Crippen molar-refractivity contribution in [2.45, 2.75) is 45.1 Å². The molecule has 158 valence electrons. The maximum absolute atomic E-state index is 5.40. The van der Waals surface area contributed by atoms with E-state index in [1.807, 2.05) is 18.3 Å². The first-order valence-electron chi connectivity index (χ1n) is 10.9. The average molecular weight is 415 g/mol. The van der Waals surface area contributed by atoms with Crippen LogP contribution in [0.2, 0.25) is 0 Å². The van der Waals surface area contributed by atoms with Gasteiger partial charge in [0.15, 0.2) is 11.5 Å². The minimum atomic E-state index is 0.289. The van der Waals surface area contributed by atoms with Crippen LogP contribution in [0.1, 0.15) is 55.9 Å². The summed E-state index contributed by atoms with van der Waals surface area (Å²) in [5, 5.41) is 5.13. The molecule has 4 aromatic rings. The van der Waals surface area contributed by atoms with Gasteiger partial charge in [-0.05, 0) is 61.8 Å². The van der Waals surface area contributed by atoms with Crippen molar-refractivity contribution in [1.82, 2.24) is 30.0 Å². The molecule has 4 aromatic heterocycles. The van der Waals surface area contributed by atoms with E-state index >= 15 is 0 Å². The van der Waals surface area contributed by atoms with E-state index in [2.05, 4.69) is 57.1 Å². The van der Waals surface area contributed by atoms with Crippen LogP contribution in [-0.4, -0.2) is 43.1 Å². The summed E-state index contributed by atoms with van der Waals surface area (Å²) in [6, 6.07) is 10.4. The minimum Gasteiger partial charge on any atom is -0.338 e. The molecular formula is C24H26N6O. The van der Waals surface area contributed by atoms with Gasteiger partial charge in [0.05, 0.1) is 6.54 Å². The Bertz CT molecular complexity index is 1170. The molecule has 1 aliphatic rings. The second-order valence-corrected chi connectivity index (χ2v) is 8.49. The molecule has 0 bridgehead atoms. The van der Waals surface area contributed by atoms with E-state index in [0.29, 0.717) is 11.8 Å². The molecule has 0 unspecified atom stereocenters. The highest BCUT2D eigenvalue weighted by Gasteiger charge is 2.23. The number of likely N-dealkylation sites (tertiary alicyclic amines) is 1. The Hall–Kier alpha value is -3.19. The summed E-state index contributed by atoms with van der Waals surface area (Å²) < 4.78 is 5.40. The van der Waals surface area contributed by atoms with Crippen LogP contribution in [0, 0.1) is 0 Å². The first-order chi connectivity index (χ1) is 15.2. The van der Waals surface area contributed by atoms with Crippen molar-refractivity contribution < 1.29 is 4.52 Å². The predicted molar refractivity (Wildman–Crippen MR) is 118 cm³/mol. The number of pyridine rings is 3. The number of hydrogen-bond donors (Lipinski definition) is 0. The van der Waals surface area contributed by atoms with Gasteiger partial charge in [-0.3, -0.25) is 9.88 Å². The second-order valence-electron chi connectivity index (χ2n) is 8.49. The monoisotopic (exact) mass is 414 g/mol. The summed E-state index contributed by atoms with van der Waals surface area (Å²) in [6.45, 7) is 6.87. The van der Waals surface area contributed by atoms with E-state index < -0.39 is 0 Å². The van der Waals surface area contributed by atoms with Crippen molar-refractivity contribution in [1.29, 1.82) is 0 Å². The highest BCUT2D eigenvalue weighted by atomic mass is 16.5. The lowest BCUT2D eigenvalue weighted by Gasteiger charge is -2.30. The highest BCUT2D eigenvalue weighted by Crippen LogP contribution is 2.29. The third-order valence-corrected chi connectivity index (χ3v) is 5.94. The van der Waals surface area contributed by atoms with Crippen LogP contribution in [0.4, 0.5) is 0 Å². The van der Waals surface area contributed by atoms with Crippen LogP contribution in [0.15, 0.2) is 53.4 Å². The van der Waals surface area contributed by atoms with Crippen molar-refractivity contribution in [3.8, 4) is 11.1 Å². The van der Waals surface area contributed by atoms with Crippen molar-refractivity contribution in [3.05, 3.63) is 66.3 Å². The number of aromatic nitrogens is 5. The lowest BCUT2D eigenvalue weighted by atomic mass is 9.93. The molecule has 0 spiro atoms. The number of piperidine rings is 1. The van der Waals surface area contributed by atoms with Gasteiger partial charge in [0, 0.05) is 47.1 Å². The predicted octanol–water partition coefficient (Wildman–Crippen LogP) is 4.58. The van der Waals surface area contributed by atoms with Gasteiger partial charge >= 0.3 is 0 Å². The summed E-state index contributed by atoms with van der Waals surface area (Å²) in [5.74, 6) is 2.23. The third kappa shape index (κ3) is 4.32. The third-order valence-electron chi connectivity index (χ3n) is 5.94. The molecule has 7 nitrogen and oxygen atoms in total. The quantitative estimate of drug-likeness (QED) is 0.473. The van der Waals surface area contributed by atoms with Gasteiger partial charge in [-0.1, -0.05) is 19.0 Å². The Morgan fingerprint density at radius 1 is 1.03 bits per heavy atom. The maximum Gasteiger partial charge on any atom is 0.240 e. The molecule has 0 saturated carbocycles. The SMILES string of the molecule is CC(C)c1noc(CN2CCC(c3ccc4cc(-c5ccncc5)cnc4n3)CC2)n1. The van der Waals surface area contributed by atoms with E-state index in [-0.39, 0.29) is 5.92 Å². The minimum absolute atomic E-state index is 0.289. The van der Waals surface area contributed by atoms with Crippen molar-refractivity contribution >= 4 is 11.0 Å². The number of rotatable bonds is 5. The zero-order valence-corrected chi connectivity index (χ0v) is 17.9. The van der Waals surface area contributed by atoms with Crippen molar-refractivity contribution in [3.63, 3.8) is 0 Å². The standard InChI is InChI=1S/C24H26N6O/c1-16(2)23-28-22(31-29-23)15-30-11-7-18(8-12-30)21-4-3-19-13-20(14-26-24(19)27-21)17-5-9-25-10-6-17/h3-6,9-10,13-14,16,18H,7-8,11-12,15H2,1-2H3. The summed E-state index contributed by atoms with van der Waals surface area (Å²) in [6.07, 6.45) is 7.63. The highest BCUT2D eigenvalue weighted by molar-refractivity contribution is 5.80. The van der Waals surface area contributed by atoms with Crippen molar-refractivity contribution in [2.75, 3.05) is 13.1 Å². The molecule has 7 heteroatoms. The van der Waals surface area contributed by atoms with E-state index in [9.17, 15) is 0 Å². The van der Waals surface area contributed by atoms with E-state index in [1.54, 1.807) is 12.4 Å². The fourth-order valence-electron chi connectivity index (χ4n) is 4.10. The summed E-state index contributed by atoms with van der Waals surface area (Å²) in [4.78, 5) is 20.5. The fourth-order valence-corrected chi connectivity index (χ4v) is 4.10. The number of fused-ring (bicyclic) bond motifs is 1. The van der Waals surface area contributed by atoms with Gasteiger partial charge in [0.2, 0.25) is 5.89 Å². The van der Waals surface area contributed by atoms with Crippen LogP contribution in [0.5, 0.6) is 0 Å². The molecule has 0 atom stereocenters. The molecule has 0 aromatic carbocycles. The Kier molecular flexibility index (Phi) is 5.42. The first kappa shape index (κ1) is 19.8. The van der Waals surface area contributed by atoms with E-state index in [4.69, 9.17) is 9.51 Å². The first-order valence-corrected chi connectivity index (χ1v) is 10.9. The van der Waals surface area contributed by atoms with Crippen LogP contribution in [-0.2, 0) is 6.54 Å². The smallest absolute Gasteiger partial charge is 0.240 e. The molecule has 1 saturated heterocycles. The normalized spacial score (nSPS) is 15.7. The Morgan fingerprint density at radius 3 is 2.58 bits per heavy atom. The number of nitrogens with zero attached hydrogens (tertiary/aromatic N) is 6. The molecule has 0 amide bonds. The van der Waals surface area contributed by atoms with Crippen LogP contribution in [0.25, 0.3) is 22.2 Å². The van der Waals surface area contributed by atoms with Gasteiger partial charge in [-0.2, -0.15) is 4.98 Å². The topological polar surface area (TPSA) is 80.8 Å². The maximum atomic E-state index is 5.40. The lowest BCUT2D eigenvalue weighted by molar-refractivity contribution is 0.180. The number of hydrogen-bond acceptors (Lipinski definition) is 7. The molecule has 31 heavy (non-hydrogen) atoms. The molecule has 5 heterocycles. The lowest BCUT2D eigenvalue weighted by Crippen LogP contribution is -2.32. The van der Waals surface area contributed by atoms with Crippen LogP contribution in [0.3, 0.4) is 0 Å². The van der Waals surface area contributed by atoms with Gasteiger partial charge in [0.1, 0.15) is 0 Å². The Balaban J connectivity index is 1.25. The molecule has 0 N–H and O–H groups in total. The molecule has 0 aliphatic carbocycles. The second kappa shape index (κ2) is 8.51. The fraction of sp³-hybridized carbons (Fsp3) is 0.375. The van der Waals surface area contributed by atoms with Gasteiger partial charge in [-0.15, -0.1) is 0 Å². The summed E-state index contributed by atoms with van der Waals surface area (Å²) in [7, 11) is 0. The van der Waals surface area contributed by atoms with Crippen molar-refractivity contribution in [2.24, 2.45) is 0 Å². The average Bonchev–Trinajstić information content (AvgIpc) is 3.28. The molecule has 1 aliphatic heterocycles. The molecule has 5 rings (SSSR count). The molecule has 1 fully saturated rings. The summed E-state index contributed by atoms with van der Waals surface area (Å²) >= 11 is 0. The summed E-state index contributed by atoms with van der Waals surface area (Å²) in [5.41, 5.74) is 4.14. The largest absolute Gasteiger partial charge is 0.338 e. The molecular weight excluding hydrogens is 388 g/mol. The van der Waals surface area contributed by atoms with Gasteiger partial charge in [0.25, 0.3) is 0 Å².